The molecule has 3 rings (SSSR count). The van der Waals surface area contributed by atoms with Crippen LogP contribution in [0.4, 0.5) is 0 Å². The minimum absolute atomic E-state index is 0.00149. The molecular formula is C20H28N4O3. The van der Waals surface area contributed by atoms with Crippen LogP contribution in [0.5, 0.6) is 11.5 Å². The van der Waals surface area contributed by atoms with Crippen molar-refractivity contribution < 1.29 is 14.3 Å². The van der Waals surface area contributed by atoms with E-state index in [-0.39, 0.29) is 11.9 Å². The lowest BCUT2D eigenvalue weighted by atomic mass is 10.1. The van der Waals surface area contributed by atoms with Crippen molar-refractivity contribution in [2.75, 3.05) is 20.3 Å². The fourth-order valence-electron chi connectivity index (χ4n) is 3.56. The Balaban J connectivity index is 1.74. The van der Waals surface area contributed by atoms with E-state index in [1.54, 1.807) is 6.07 Å². The van der Waals surface area contributed by atoms with E-state index in [1.165, 1.54) is 0 Å². The number of carbonyl (C=O) groups is 1. The first-order valence-electron chi connectivity index (χ1n) is 9.60. The number of aryl methyl sites for hydroxylation is 2. The van der Waals surface area contributed by atoms with Crippen molar-refractivity contribution in [1.29, 1.82) is 0 Å². The molecule has 0 bridgehead atoms. The normalized spacial score (nSPS) is 16.4. The monoisotopic (exact) mass is 372 g/mol. The summed E-state index contributed by atoms with van der Waals surface area (Å²) < 4.78 is 13.4. The van der Waals surface area contributed by atoms with Gasteiger partial charge in [-0.2, -0.15) is 0 Å². The van der Waals surface area contributed by atoms with Crippen LogP contribution in [0, 0.1) is 6.92 Å². The topological polar surface area (TPSA) is 69.5 Å². The predicted molar refractivity (Wildman–Crippen MR) is 102 cm³/mol. The summed E-state index contributed by atoms with van der Waals surface area (Å²) in [7, 11) is 1.88. The highest BCUT2D eigenvalue weighted by atomic mass is 16.5. The summed E-state index contributed by atoms with van der Waals surface area (Å²) in [6, 6.07) is 5.57. The van der Waals surface area contributed by atoms with Gasteiger partial charge in [-0.05, 0) is 51.8 Å². The van der Waals surface area contributed by atoms with Gasteiger partial charge in [0.15, 0.2) is 11.5 Å². The highest BCUT2D eigenvalue weighted by Gasteiger charge is 2.26. The van der Waals surface area contributed by atoms with Crippen LogP contribution in [-0.2, 0) is 13.0 Å². The van der Waals surface area contributed by atoms with Crippen LogP contribution in [0.15, 0.2) is 18.2 Å². The average molecular weight is 372 g/mol. The Labute approximate surface area is 160 Å². The van der Waals surface area contributed by atoms with Crippen molar-refractivity contribution in [3.8, 4) is 11.5 Å². The molecule has 146 valence electrons. The number of hydrogen-bond acceptors (Lipinski definition) is 5. The fourth-order valence-corrected chi connectivity index (χ4v) is 3.56. The van der Waals surface area contributed by atoms with E-state index >= 15 is 0 Å². The van der Waals surface area contributed by atoms with Gasteiger partial charge in [0.1, 0.15) is 11.6 Å². The SMILES string of the molecule is CCOc1ccc(C(=O)N(C)C2CCc3nnc(C)n3CC2)cc1OCC. The van der Waals surface area contributed by atoms with Crippen molar-refractivity contribution in [2.24, 2.45) is 0 Å². The molecular weight excluding hydrogens is 344 g/mol. The van der Waals surface area contributed by atoms with Gasteiger partial charge in [0.25, 0.3) is 5.91 Å². The molecule has 0 saturated carbocycles. The number of benzene rings is 1. The summed E-state index contributed by atoms with van der Waals surface area (Å²) >= 11 is 0. The maximum atomic E-state index is 13.1. The molecule has 0 saturated heterocycles. The smallest absolute Gasteiger partial charge is 0.253 e. The summed E-state index contributed by atoms with van der Waals surface area (Å²) in [5.41, 5.74) is 0.615. The van der Waals surface area contributed by atoms with E-state index in [1.807, 2.05) is 44.9 Å². The van der Waals surface area contributed by atoms with Crippen molar-refractivity contribution in [2.45, 2.75) is 52.6 Å². The molecule has 1 amide bonds. The summed E-state index contributed by atoms with van der Waals surface area (Å²) in [5.74, 6) is 3.23. The van der Waals surface area contributed by atoms with Gasteiger partial charge in [0, 0.05) is 31.6 Å². The number of fused-ring (bicyclic) bond motifs is 1. The van der Waals surface area contributed by atoms with Crippen LogP contribution in [0.2, 0.25) is 0 Å². The zero-order valence-electron chi connectivity index (χ0n) is 16.6. The van der Waals surface area contributed by atoms with E-state index in [9.17, 15) is 4.79 Å². The zero-order valence-corrected chi connectivity index (χ0v) is 16.6. The first-order chi connectivity index (χ1) is 13.0. The molecule has 0 N–H and O–H groups in total. The lowest BCUT2D eigenvalue weighted by molar-refractivity contribution is 0.0715. The highest BCUT2D eigenvalue weighted by Crippen LogP contribution is 2.29. The molecule has 2 heterocycles. The second-order valence-electron chi connectivity index (χ2n) is 6.74. The van der Waals surface area contributed by atoms with Gasteiger partial charge in [-0.15, -0.1) is 10.2 Å². The number of ether oxygens (including phenoxy) is 2. The van der Waals surface area contributed by atoms with Crippen LogP contribution < -0.4 is 9.47 Å². The molecule has 1 unspecified atom stereocenters. The van der Waals surface area contributed by atoms with Gasteiger partial charge in [0.2, 0.25) is 0 Å². The van der Waals surface area contributed by atoms with Crippen LogP contribution in [-0.4, -0.2) is 51.9 Å². The first kappa shape index (κ1) is 19.2. The summed E-state index contributed by atoms with van der Waals surface area (Å²) in [6.45, 7) is 7.73. The zero-order chi connectivity index (χ0) is 19.4. The Bertz CT molecular complexity index is 803. The Morgan fingerprint density at radius 2 is 1.93 bits per heavy atom. The van der Waals surface area contributed by atoms with Crippen molar-refractivity contribution in [3.63, 3.8) is 0 Å². The molecule has 7 heteroatoms. The van der Waals surface area contributed by atoms with E-state index in [0.29, 0.717) is 30.3 Å². The Morgan fingerprint density at radius 3 is 2.67 bits per heavy atom. The van der Waals surface area contributed by atoms with Gasteiger partial charge in [-0.1, -0.05) is 0 Å². The lowest BCUT2D eigenvalue weighted by Crippen LogP contribution is -2.37. The Hall–Kier alpha value is -2.57. The molecule has 0 fully saturated rings. The highest BCUT2D eigenvalue weighted by molar-refractivity contribution is 5.95. The fraction of sp³-hybridized carbons (Fsp3) is 0.550. The van der Waals surface area contributed by atoms with E-state index < -0.39 is 0 Å². The van der Waals surface area contributed by atoms with Gasteiger partial charge in [-0.3, -0.25) is 4.79 Å². The number of rotatable bonds is 6. The second-order valence-corrected chi connectivity index (χ2v) is 6.74. The first-order valence-corrected chi connectivity index (χ1v) is 9.60. The molecule has 1 aliphatic heterocycles. The number of carbonyl (C=O) groups excluding carboxylic acids is 1. The number of nitrogens with zero attached hydrogens (tertiary/aromatic N) is 4. The summed E-state index contributed by atoms with van der Waals surface area (Å²) in [5, 5.41) is 8.40. The van der Waals surface area contributed by atoms with Crippen LogP contribution in [0.1, 0.15) is 48.7 Å². The van der Waals surface area contributed by atoms with Crippen LogP contribution in [0.3, 0.4) is 0 Å². The Kier molecular flexibility index (Phi) is 5.98. The molecule has 1 aromatic heterocycles. The van der Waals surface area contributed by atoms with Crippen molar-refractivity contribution in [3.05, 3.63) is 35.4 Å². The molecule has 0 aliphatic carbocycles. The lowest BCUT2D eigenvalue weighted by Gasteiger charge is -2.27. The van der Waals surface area contributed by atoms with Crippen LogP contribution in [0.25, 0.3) is 0 Å². The number of amides is 1. The van der Waals surface area contributed by atoms with Gasteiger partial charge >= 0.3 is 0 Å². The maximum absolute atomic E-state index is 13.1. The third-order valence-corrected chi connectivity index (χ3v) is 5.06. The third-order valence-electron chi connectivity index (χ3n) is 5.06. The van der Waals surface area contributed by atoms with Gasteiger partial charge < -0.3 is 18.9 Å². The van der Waals surface area contributed by atoms with Gasteiger partial charge in [0.05, 0.1) is 13.2 Å². The maximum Gasteiger partial charge on any atom is 0.253 e. The van der Waals surface area contributed by atoms with E-state index in [0.717, 1.165) is 37.5 Å². The molecule has 2 aromatic rings. The van der Waals surface area contributed by atoms with E-state index in [2.05, 4.69) is 14.8 Å². The molecule has 1 atom stereocenters. The minimum atomic E-state index is -0.00149. The minimum Gasteiger partial charge on any atom is -0.490 e. The molecule has 7 nitrogen and oxygen atoms in total. The Morgan fingerprint density at radius 1 is 1.19 bits per heavy atom. The average Bonchev–Trinajstić information content (AvgIpc) is 2.89. The largest absolute Gasteiger partial charge is 0.490 e. The summed E-state index contributed by atoms with van der Waals surface area (Å²) in [4.78, 5) is 14.9. The molecule has 27 heavy (non-hydrogen) atoms. The predicted octanol–water partition coefficient (Wildman–Crippen LogP) is 2.86. The van der Waals surface area contributed by atoms with Crippen molar-refractivity contribution >= 4 is 5.91 Å². The second kappa shape index (κ2) is 8.41. The van der Waals surface area contributed by atoms with Crippen LogP contribution >= 0.6 is 0 Å². The summed E-state index contributed by atoms with van der Waals surface area (Å²) in [6.07, 6.45) is 2.61. The standard InChI is InChI=1S/C20H28N4O3/c1-5-26-17-9-7-15(13-18(17)27-6-2)20(25)23(4)16-8-10-19-22-21-14(3)24(19)12-11-16/h7,9,13,16H,5-6,8,10-12H2,1-4H3. The van der Waals surface area contributed by atoms with E-state index in [4.69, 9.17) is 9.47 Å². The van der Waals surface area contributed by atoms with Crippen molar-refractivity contribution in [1.82, 2.24) is 19.7 Å². The molecule has 0 spiro atoms. The third kappa shape index (κ3) is 4.07. The number of aromatic nitrogens is 3. The molecule has 1 aromatic carbocycles. The molecule has 0 radical (unpaired) electrons. The quantitative estimate of drug-likeness (QED) is 0.780. The number of hydrogen-bond donors (Lipinski definition) is 0. The molecule has 1 aliphatic rings. The van der Waals surface area contributed by atoms with Gasteiger partial charge in [-0.25, -0.2) is 0 Å².